The van der Waals surface area contributed by atoms with Gasteiger partial charge in [0.25, 0.3) is 0 Å². The van der Waals surface area contributed by atoms with E-state index < -0.39 is 0 Å². The Morgan fingerprint density at radius 2 is 1.93 bits per heavy atom. The fraction of sp³-hybridized carbons (Fsp3) is 0.375. The minimum absolute atomic E-state index is 0.292. The van der Waals surface area contributed by atoms with Crippen molar-refractivity contribution < 1.29 is 4.79 Å². The normalized spacial score (nSPS) is 13.9. The van der Waals surface area contributed by atoms with Gasteiger partial charge in [-0.15, -0.1) is 0 Å². The van der Waals surface area contributed by atoms with Crippen molar-refractivity contribution in [1.82, 2.24) is 25.2 Å². The van der Waals surface area contributed by atoms with Crippen molar-refractivity contribution in [2.24, 2.45) is 0 Å². The topological polar surface area (TPSA) is 63.1 Å². The van der Waals surface area contributed by atoms with Gasteiger partial charge < -0.3 is 10.2 Å². The minimum Gasteiger partial charge on any atom is -0.343 e. The Morgan fingerprint density at radius 1 is 1.07 bits per heavy atom. The number of hydrogen-bond acceptors (Lipinski definition) is 4. The summed E-state index contributed by atoms with van der Waals surface area (Å²) in [5.41, 5.74) is 5.38. The van der Waals surface area contributed by atoms with Crippen LogP contribution in [0.3, 0.4) is 0 Å². The first-order chi connectivity index (χ1) is 14.7. The molecule has 30 heavy (non-hydrogen) atoms. The minimum atomic E-state index is 0.292. The summed E-state index contributed by atoms with van der Waals surface area (Å²) >= 11 is 0. The number of rotatable bonds is 9. The second kappa shape index (κ2) is 9.67. The van der Waals surface area contributed by atoms with Gasteiger partial charge in [0.2, 0.25) is 5.91 Å². The highest BCUT2D eigenvalue weighted by atomic mass is 16.2. The SMILES string of the molecule is Cc1cccc(Cn2nc(CNCCCN3CCCC3=O)c(-c3ccccc3)n2)c1. The smallest absolute Gasteiger partial charge is 0.222 e. The highest BCUT2D eigenvalue weighted by Gasteiger charge is 2.19. The van der Waals surface area contributed by atoms with Gasteiger partial charge in [-0.1, -0.05) is 60.2 Å². The van der Waals surface area contributed by atoms with E-state index in [1.807, 2.05) is 23.1 Å². The Kier molecular flexibility index (Phi) is 6.54. The van der Waals surface area contributed by atoms with E-state index in [4.69, 9.17) is 10.2 Å². The van der Waals surface area contributed by atoms with Crippen LogP contribution in [-0.4, -0.2) is 45.4 Å². The molecular weight excluding hydrogens is 374 g/mol. The average molecular weight is 404 g/mol. The molecule has 0 aliphatic carbocycles. The molecule has 0 radical (unpaired) electrons. The van der Waals surface area contributed by atoms with E-state index in [0.717, 1.165) is 49.4 Å². The number of nitrogens with zero attached hydrogens (tertiary/aromatic N) is 4. The van der Waals surface area contributed by atoms with Crippen molar-refractivity contribution in [2.75, 3.05) is 19.6 Å². The third-order valence-corrected chi connectivity index (χ3v) is 5.42. The first-order valence-corrected chi connectivity index (χ1v) is 10.7. The quantitative estimate of drug-likeness (QED) is 0.556. The van der Waals surface area contributed by atoms with Gasteiger partial charge in [0.15, 0.2) is 0 Å². The Morgan fingerprint density at radius 3 is 2.70 bits per heavy atom. The van der Waals surface area contributed by atoms with Crippen molar-refractivity contribution in [2.45, 2.75) is 39.3 Å². The monoisotopic (exact) mass is 403 g/mol. The van der Waals surface area contributed by atoms with E-state index in [2.05, 4.69) is 48.6 Å². The Bertz CT molecular complexity index is 982. The number of amides is 1. The number of likely N-dealkylation sites (tertiary alicyclic amines) is 1. The first kappa shape index (κ1) is 20.3. The number of benzene rings is 2. The molecule has 0 spiro atoms. The predicted molar refractivity (Wildman–Crippen MR) is 118 cm³/mol. The lowest BCUT2D eigenvalue weighted by Gasteiger charge is -2.15. The van der Waals surface area contributed by atoms with Crippen LogP contribution in [-0.2, 0) is 17.9 Å². The first-order valence-electron chi connectivity index (χ1n) is 10.7. The third kappa shape index (κ3) is 5.13. The van der Waals surface area contributed by atoms with Gasteiger partial charge >= 0.3 is 0 Å². The molecule has 1 aliphatic heterocycles. The van der Waals surface area contributed by atoms with E-state index in [-0.39, 0.29) is 0 Å². The summed E-state index contributed by atoms with van der Waals surface area (Å²) in [6.45, 7) is 6.00. The van der Waals surface area contributed by atoms with Crippen LogP contribution in [0.2, 0.25) is 0 Å². The Labute approximate surface area is 177 Å². The molecular formula is C24H29N5O. The fourth-order valence-corrected chi connectivity index (χ4v) is 3.91. The summed E-state index contributed by atoms with van der Waals surface area (Å²) in [6.07, 6.45) is 2.65. The molecule has 4 rings (SSSR count). The summed E-state index contributed by atoms with van der Waals surface area (Å²) in [4.78, 5) is 15.5. The summed E-state index contributed by atoms with van der Waals surface area (Å²) in [6, 6.07) is 18.7. The van der Waals surface area contributed by atoms with Gasteiger partial charge in [-0.05, 0) is 31.9 Å². The van der Waals surface area contributed by atoms with Crippen LogP contribution in [0.5, 0.6) is 0 Å². The lowest BCUT2D eigenvalue weighted by Crippen LogP contribution is -2.28. The Hall–Kier alpha value is -2.99. The number of carbonyl (C=O) groups is 1. The molecule has 1 fully saturated rings. The number of nitrogens with one attached hydrogen (secondary N) is 1. The van der Waals surface area contributed by atoms with Gasteiger partial charge in [0, 0.05) is 31.6 Å². The molecule has 2 heterocycles. The second-order valence-corrected chi connectivity index (χ2v) is 7.90. The standard InChI is InChI=1S/C24H29N5O/c1-19-8-5-9-20(16-19)18-29-26-22(24(27-29)21-10-3-2-4-11-21)17-25-13-7-15-28-14-6-12-23(28)30/h2-5,8-11,16,25H,6-7,12-15,17-18H2,1H3. The maximum Gasteiger partial charge on any atom is 0.222 e. The van der Waals surface area contributed by atoms with Gasteiger partial charge in [-0.2, -0.15) is 15.0 Å². The van der Waals surface area contributed by atoms with Crippen molar-refractivity contribution in [3.8, 4) is 11.3 Å². The Balaban J connectivity index is 1.41. The van der Waals surface area contributed by atoms with Crippen molar-refractivity contribution in [3.05, 3.63) is 71.4 Å². The fourth-order valence-electron chi connectivity index (χ4n) is 3.91. The molecule has 0 saturated carbocycles. The zero-order valence-electron chi connectivity index (χ0n) is 17.6. The number of carbonyl (C=O) groups excluding carboxylic acids is 1. The van der Waals surface area contributed by atoms with Crippen LogP contribution in [0.15, 0.2) is 54.6 Å². The van der Waals surface area contributed by atoms with Crippen molar-refractivity contribution in [1.29, 1.82) is 0 Å². The molecule has 0 bridgehead atoms. The van der Waals surface area contributed by atoms with E-state index >= 15 is 0 Å². The molecule has 6 nitrogen and oxygen atoms in total. The predicted octanol–water partition coefficient (Wildman–Crippen LogP) is 3.40. The lowest BCUT2D eigenvalue weighted by atomic mass is 10.1. The van der Waals surface area contributed by atoms with E-state index in [1.54, 1.807) is 4.80 Å². The molecule has 2 aromatic carbocycles. The van der Waals surface area contributed by atoms with Crippen LogP contribution in [0.1, 0.15) is 36.1 Å². The summed E-state index contributed by atoms with van der Waals surface area (Å²) in [5.74, 6) is 0.292. The molecule has 1 aliphatic rings. The van der Waals surface area contributed by atoms with Crippen LogP contribution >= 0.6 is 0 Å². The largest absolute Gasteiger partial charge is 0.343 e. The summed E-state index contributed by atoms with van der Waals surface area (Å²) in [7, 11) is 0. The molecule has 0 atom stereocenters. The molecule has 0 unspecified atom stereocenters. The number of aromatic nitrogens is 3. The maximum atomic E-state index is 11.7. The maximum absolute atomic E-state index is 11.7. The summed E-state index contributed by atoms with van der Waals surface area (Å²) < 4.78 is 0. The van der Waals surface area contributed by atoms with E-state index in [0.29, 0.717) is 25.4 Å². The van der Waals surface area contributed by atoms with Crippen molar-refractivity contribution >= 4 is 5.91 Å². The average Bonchev–Trinajstić information content (AvgIpc) is 3.34. The molecule has 3 aromatic rings. The van der Waals surface area contributed by atoms with Crippen LogP contribution in [0.4, 0.5) is 0 Å². The zero-order chi connectivity index (χ0) is 20.8. The van der Waals surface area contributed by atoms with E-state index in [9.17, 15) is 4.79 Å². The van der Waals surface area contributed by atoms with Crippen LogP contribution in [0, 0.1) is 6.92 Å². The van der Waals surface area contributed by atoms with Gasteiger partial charge in [0.05, 0.1) is 6.54 Å². The van der Waals surface area contributed by atoms with E-state index in [1.165, 1.54) is 11.1 Å². The highest BCUT2D eigenvalue weighted by Crippen LogP contribution is 2.20. The third-order valence-electron chi connectivity index (χ3n) is 5.42. The molecule has 1 saturated heterocycles. The molecule has 6 heteroatoms. The highest BCUT2D eigenvalue weighted by molar-refractivity contribution is 5.78. The van der Waals surface area contributed by atoms with Crippen LogP contribution < -0.4 is 5.32 Å². The summed E-state index contributed by atoms with van der Waals surface area (Å²) in [5, 5.41) is 13.1. The van der Waals surface area contributed by atoms with Gasteiger partial charge in [-0.3, -0.25) is 4.79 Å². The van der Waals surface area contributed by atoms with Crippen molar-refractivity contribution in [3.63, 3.8) is 0 Å². The molecule has 1 N–H and O–H groups in total. The van der Waals surface area contributed by atoms with Gasteiger partial charge in [0.1, 0.15) is 11.4 Å². The van der Waals surface area contributed by atoms with Gasteiger partial charge in [-0.25, -0.2) is 0 Å². The molecule has 1 amide bonds. The number of hydrogen-bond donors (Lipinski definition) is 1. The zero-order valence-corrected chi connectivity index (χ0v) is 17.6. The van der Waals surface area contributed by atoms with Crippen LogP contribution in [0.25, 0.3) is 11.3 Å². The molecule has 1 aromatic heterocycles. The molecule has 156 valence electrons. The second-order valence-electron chi connectivity index (χ2n) is 7.90. The lowest BCUT2D eigenvalue weighted by molar-refractivity contribution is -0.127. The number of aryl methyl sites for hydroxylation is 1.